The third kappa shape index (κ3) is 5.29. The lowest BCUT2D eigenvalue weighted by molar-refractivity contribution is -0.117. The van der Waals surface area contributed by atoms with Crippen molar-refractivity contribution in [1.82, 2.24) is 4.90 Å². The van der Waals surface area contributed by atoms with Crippen LogP contribution in [0.4, 0.5) is 5.69 Å². The first-order valence-electron chi connectivity index (χ1n) is 6.61. The summed E-state index contributed by atoms with van der Waals surface area (Å²) in [5.74, 6) is 0.669. The van der Waals surface area contributed by atoms with Gasteiger partial charge in [0.05, 0.1) is 19.7 Å². The molecule has 0 saturated heterocycles. The Morgan fingerprint density at radius 2 is 2.05 bits per heavy atom. The summed E-state index contributed by atoms with van der Waals surface area (Å²) in [6.45, 7) is 4.91. The highest BCUT2D eigenvalue weighted by atomic mass is 16.5. The molecule has 0 aliphatic heterocycles. The van der Waals surface area contributed by atoms with Crippen LogP contribution in [0.1, 0.15) is 20.3 Å². The number of rotatable bonds is 7. The molecule has 20 heavy (non-hydrogen) atoms. The van der Waals surface area contributed by atoms with Crippen molar-refractivity contribution in [2.75, 3.05) is 25.5 Å². The molecule has 5 heteroatoms. The molecule has 0 radical (unpaired) electrons. The van der Waals surface area contributed by atoms with E-state index in [4.69, 9.17) is 10.00 Å². The van der Waals surface area contributed by atoms with Gasteiger partial charge in [-0.15, -0.1) is 0 Å². The molecule has 0 aliphatic rings. The van der Waals surface area contributed by atoms with Gasteiger partial charge in [0.1, 0.15) is 5.75 Å². The largest absolute Gasteiger partial charge is 0.497 e. The maximum atomic E-state index is 12.0. The van der Waals surface area contributed by atoms with Crippen molar-refractivity contribution in [3.63, 3.8) is 0 Å². The Hall–Kier alpha value is -2.06. The Bertz CT molecular complexity index is 463. The van der Waals surface area contributed by atoms with Gasteiger partial charge in [0.25, 0.3) is 0 Å². The molecule has 0 aromatic heterocycles. The molecular formula is C15H21N3O2. The molecule has 1 amide bonds. The summed E-state index contributed by atoms with van der Waals surface area (Å²) < 4.78 is 5.06. The van der Waals surface area contributed by atoms with Crippen molar-refractivity contribution in [2.24, 2.45) is 0 Å². The minimum Gasteiger partial charge on any atom is -0.497 e. The Morgan fingerprint density at radius 1 is 1.40 bits per heavy atom. The van der Waals surface area contributed by atoms with Crippen LogP contribution in [0.25, 0.3) is 0 Å². The van der Waals surface area contributed by atoms with Crippen LogP contribution >= 0.6 is 0 Å². The number of methoxy groups -OCH3 is 1. The fourth-order valence-corrected chi connectivity index (χ4v) is 1.77. The highest BCUT2D eigenvalue weighted by Crippen LogP contribution is 2.15. The van der Waals surface area contributed by atoms with E-state index in [1.807, 2.05) is 18.7 Å². The number of nitriles is 1. The van der Waals surface area contributed by atoms with Gasteiger partial charge in [-0.1, -0.05) is 0 Å². The predicted molar refractivity (Wildman–Crippen MR) is 78.6 cm³/mol. The molecule has 5 nitrogen and oxygen atoms in total. The summed E-state index contributed by atoms with van der Waals surface area (Å²) in [5.41, 5.74) is 0.736. The Labute approximate surface area is 120 Å². The summed E-state index contributed by atoms with van der Waals surface area (Å²) in [7, 11) is 1.60. The highest BCUT2D eigenvalue weighted by Gasteiger charge is 2.13. The minimum atomic E-state index is -0.0817. The molecule has 0 bridgehead atoms. The molecular weight excluding hydrogens is 254 g/mol. The Balaban J connectivity index is 2.54. The maximum Gasteiger partial charge on any atom is 0.238 e. The van der Waals surface area contributed by atoms with Gasteiger partial charge in [0.2, 0.25) is 5.91 Å². The highest BCUT2D eigenvalue weighted by molar-refractivity contribution is 5.92. The van der Waals surface area contributed by atoms with Crippen molar-refractivity contribution in [2.45, 2.75) is 26.3 Å². The second-order valence-electron chi connectivity index (χ2n) is 4.75. The number of amides is 1. The Kier molecular flexibility index (Phi) is 6.54. The van der Waals surface area contributed by atoms with E-state index in [1.165, 1.54) is 0 Å². The number of carbonyl (C=O) groups is 1. The number of hydrogen-bond donors (Lipinski definition) is 1. The number of ether oxygens (including phenoxy) is 1. The molecule has 0 fully saturated rings. The third-order valence-electron chi connectivity index (χ3n) is 2.96. The standard InChI is InChI=1S/C15H21N3O2/c1-12(2)18(10-4-9-16)11-15(19)17-13-5-7-14(20-3)8-6-13/h5-8,12H,4,10-11H2,1-3H3,(H,17,19). The van der Waals surface area contributed by atoms with Crippen LogP contribution in [0.15, 0.2) is 24.3 Å². The number of anilines is 1. The molecule has 1 rings (SSSR count). The van der Waals surface area contributed by atoms with Gasteiger partial charge in [-0.25, -0.2) is 0 Å². The second-order valence-corrected chi connectivity index (χ2v) is 4.75. The van der Waals surface area contributed by atoms with Crippen LogP contribution in [0.2, 0.25) is 0 Å². The normalized spacial score (nSPS) is 10.4. The molecule has 1 aromatic carbocycles. The van der Waals surface area contributed by atoms with Crippen molar-refractivity contribution < 1.29 is 9.53 Å². The minimum absolute atomic E-state index is 0.0817. The van der Waals surface area contributed by atoms with Crippen LogP contribution in [0.3, 0.4) is 0 Å². The number of nitrogens with one attached hydrogen (secondary N) is 1. The summed E-state index contributed by atoms with van der Waals surface area (Å²) in [6, 6.07) is 9.52. The van der Waals surface area contributed by atoms with E-state index in [-0.39, 0.29) is 18.5 Å². The van der Waals surface area contributed by atoms with E-state index in [0.29, 0.717) is 13.0 Å². The summed E-state index contributed by atoms with van der Waals surface area (Å²) >= 11 is 0. The van der Waals surface area contributed by atoms with Gasteiger partial charge in [-0.3, -0.25) is 9.69 Å². The van der Waals surface area contributed by atoms with Crippen molar-refractivity contribution >= 4 is 11.6 Å². The van der Waals surface area contributed by atoms with Crippen molar-refractivity contribution in [3.05, 3.63) is 24.3 Å². The van der Waals surface area contributed by atoms with Crippen molar-refractivity contribution in [1.29, 1.82) is 5.26 Å². The van der Waals surface area contributed by atoms with Crippen LogP contribution in [0, 0.1) is 11.3 Å². The van der Waals surface area contributed by atoms with Crippen LogP contribution in [-0.4, -0.2) is 37.0 Å². The van der Waals surface area contributed by atoms with E-state index in [1.54, 1.807) is 31.4 Å². The molecule has 0 unspecified atom stereocenters. The van der Waals surface area contributed by atoms with Crippen LogP contribution in [0.5, 0.6) is 5.75 Å². The van der Waals surface area contributed by atoms with Gasteiger partial charge in [-0.05, 0) is 38.1 Å². The average molecular weight is 275 g/mol. The van der Waals surface area contributed by atoms with E-state index in [2.05, 4.69) is 11.4 Å². The second kappa shape index (κ2) is 8.18. The average Bonchev–Trinajstić information content (AvgIpc) is 2.44. The molecule has 1 N–H and O–H groups in total. The fourth-order valence-electron chi connectivity index (χ4n) is 1.77. The molecule has 0 heterocycles. The summed E-state index contributed by atoms with van der Waals surface area (Å²) in [6.07, 6.45) is 0.425. The van der Waals surface area contributed by atoms with E-state index in [0.717, 1.165) is 11.4 Å². The smallest absolute Gasteiger partial charge is 0.238 e. The van der Waals surface area contributed by atoms with Gasteiger partial charge < -0.3 is 10.1 Å². The predicted octanol–water partition coefficient (Wildman–Crippen LogP) is 2.26. The quantitative estimate of drug-likeness (QED) is 0.829. The molecule has 0 saturated carbocycles. The lowest BCUT2D eigenvalue weighted by atomic mass is 10.2. The van der Waals surface area contributed by atoms with E-state index < -0.39 is 0 Å². The first-order valence-corrected chi connectivity index (χ1v) is 6.61. The lowest BCUT2D eigenvalue weighted by Gasteiger charge is -2.24. The maximum absolute atomic E-state index is 12.0. The third-order valence-corrected chi connectivity index (χ3v) is 2.96. The van der Waals surface area contributed by atoms with Gasteiger partial charge >= 0.3 is 0 Å². The molecule has 0 aliphatic carbocycles. The SMILES string of the molecule is COc1ccc(NC(=O)CN(CCC#N)C(C)C)cc1. The number of benzene rings is 1. The lowest BCUT2D eigenvalue weighted by Crippen LogP contribution is -2.38. The zero-order valence-electron chi connectivity index (χ0n) is 12.2. The summed E-state index contributed by atoms with van der Waals surface area (Å²) in [5, 5.41) is 11.5. The number of hydrogen-bond acceptors (Lipinski definition) is 4. The Morgan fingerprint density at radius 3 is 2.55 bits per heavy atom. The van der Waals surface area contributed by atoms with Crippen molar-refractivity contribution in [3.8, 4) is 11.8 Å². The molecule has 1 aromatic rings. The van der Waals surface area contributed by atoms with E-state index >= 15 is 0 Å². The van der Waals surface area contributed by atoms with E-state index in [9.17, 15) is 4.79 Å². The first-order chi connectivity index (χ1) is 9.56. The van der Waals surface area contributed by atoms with Gasteiger partial charge in [0, 0.05) is 24.7 Å². The zero-order valence-corrected chi connectivity index (χ0v) is 12.2. The monoisotopic (exact) mass is 275 g/mol. The number of nitrogens with zero attached hydrogens (tertiary/aromatic N) is 2. The molecule has 108 valence electrons. The number of carbonyl (C=O) groups excluding carboxylic acids is 1. The topological polar surface area (TPSA) is 65.4 Å². The zero-order chi connectivity index (χ0) is 15.0. The van der Waals surface area contributed by atoms with Gasteiger partial charge in [-0.2, -0.15) is 5.26 Å². The van der Waals surface area contributed by atoms with Crippen LogP contribution in [-0.2, 0) is 4.79 Å². The first kappa shape index (κ1) is 16.0. The molecule has 0 spiro atoms. The van der Waals surface area contributed by atoms with Gasteiger partial charge in [0.15, 0.2) is 0 Å². The van der Waals surface area contributed by atoms with Crippen LogP contribution < -0.4 is 10.1 Å². The molecule has 0 atom stereocenters. The fraction of sp³-hybridized carbons (Fsp3) is 0.467. The summed E-state index contributed by atoms with van der Waals surface area (Å²) in [4.78, 5) is 14.0.